The number of aromatic nitrogens is 1. The van der Waals surface area contributed by atoms with Gasteiger partial charge in [-0.1, -0.05) is 17.7 Å². The highest BCUT2D eigenvalue weighted by atomic mass is 35.5. The van der Waals surface area contributed by atoms with E-state index in [0.717, 1.165) is 56.8 Å². The molecule has 2 aliphatic rings. The summed E-state index contributed by atoms with van der Waals surface area (Å²) >= 11 is 7.70. The lowest BCUT2D eigenvalue weighted by molar-refractivity contribution is 0.0337. The number of rotatable bonds is 4. The van der Waals surface area contributed by atoms with Crippen molar-refractivity contribution < 1.29 is 9.53 Å². The minimum atomic E-state index is 0.0456. The topological polar surface area (TPSA) is 48.9 Å². The van der Waals surface area contributed by atoms with Gasteiger partial charge in [-0.15, -0.1) is 11.3 Å². The van der Waals surface area contributed by atoms with Crippen molar-refractivity contribution >= 4 is 34.0 Å². The summed E-state index contributed by atoms with van der Waals surface area (Å²) in [4.78, 5) is 24.0. The van der Waals surface area contributed by atoms with Crippen LogP contribution in [0.2, 0.25) is 5.02 Å². The highest BCUT2D eigenvalue weighted by Gasteiger charge is 2.24. The third-order valence-corrected chi connectivity index (χ3v) is 6.12. The smallest absolute Gasteiger partial charge is 0.254 e. The van der Waals surface area contributed by atoms with E-state index in [9.17, 15) is 4.79 Å². The number of carbonyl (C=O) groups excluding carboxylic acids is 1. The minimum Gasteiger partial charge on any atom is -0.379 e. The molecule has 2 fully saturated rings. The van der Waals surface area contributed by atoms with Crippen LogP contribution >= 0.6 is 22.9 Å². The predicted octanol–water partition coefficient (Wildman–Crippen LogP) is 2.59. The van der Waals surface area contributed by atoms with Crippen LogP contribution in [0.3, 0.4) is 0 Å². The fourth-order valence-corrected chi connectivity index (χ4v) is 4.47. The number of carbonyl (C=O) groups is 1. The minimum absolute atomic E-state index is 0.0456. The molecule has 8 heteroatoms. The number of morpholine rings is 1. The molecule has 0 spiro atoms. The van der Waals surface area contributed by atoms with Crippen LogP contribution in [0.1, 0.15) is 16.1 Å². The normalized spacial score (nSPS) is 18.7. The fourth-order valence-electron chi connectivity index (χ4n) is 3.41. The first-order chi connectivity index (χ1) is 13.2. The Kier molecular flexibility index (Phi) is 5.92. The molecular weight excluding hydrogens is 384 g/mol. The molecule has 4 rings (SSSR count). The van der Waals surface area contributed by atoms with Crippen LogP contribution in [0.15, 0.2) is 29.6 Å². The van der Waals surface area contributed by atoms with E-state index < -0.39 is 0 Å². The molecular formula is C19H23ClN4O2S. The van der Waals surface area contributed by atoms with Crippen molar-refractivity contribution in [3.8, 4) is 0 Å². The third-order valence-electron chi connectivity index (χ3n) is 4.94. The molecule has 2 aromatic rings. The van der Waals surface area contributed by atoms with Crippen LogP contribution in [-0.2, 0) is 11.3 Å². The summed E-state index contributed by atoms with van der Waals surface area (Å²) in [6.45, 7) is 7.43. The maximum atomic E-state index is 12.6. The standard InChI is InChI=1S/C19H23ClN4O2S/c20-16-3-1-2-15(12-16)18(25)23-4-6-24(7-5-23)19-21-17(14-27-19)13-22-8-10-26-11-9-22/h1-3,12,14H,4-11,13H2. The van der Waals surface area contributed by atoms with Gasteiger partial charge in [-0.2, -0.15) is 0 Å². The highest BCUT2D eigenvalue weighted by molar-refractivity contribution is 7.13. The van der Waals surface area contributed by atoms with Crippen molar-refractivity contribution in [2.24, 2.45) is 0 Å². The molecule has 27 heavy (non-hydrogen) atoms. The molecule has 0 N–H and O–H groups in total. The molecule has 0 bridgehead atoms. The van der Waals surface area contributed by atoms with Gasteiger partial charge in [0.15, 0.2) is 5.13 Å². The first kappa shape index (κ1) is 18.7. The van der Waals surface area contributed by atoms with Crippen LogP contribution in [0.25, 0.3) is 0 Å². The molecule has 1 aromatic carbocycles. The zero-order valence-corrected chi connectivity index (χ0v) is 16.7. The zero-order chi connectivity index (χ0) is 18.6. The molecule has 0 aliphatic carbocycles. The third kappa shape index (κ3) is 4.60. The van der Waals surface area contributed by atoms with Crippen molar-refractivity contribution in [2.75, 3.05) is 57.4 Å². The van der Waals surface area contributed by atoms with Gasteiger partial charge in [0.2, 0.25) is 0 Å². The summed E-state index contributed by atoms with van der Waals surface area (Å²) in [6, 6.07) is 7.15. The van der Waals surface area contributed by atoms with Crippen molar-refractivity contribution in [3.05, 3.63) is 45.9 Å². The summed E-state index contributed by atoms with van der Waals surface area (Å²) < 4.78 is 5.40. The van der Waals surface area contributed by atoms with Crippen LogP contribution < -0.4 is 4.90 Å². The second kappa shape index (κ2) is 8.56. The largest absolute Gasteiger partial charge is 0.379 e. The lowest BCUT2D eigenvalue weighted by Crippen LogP contribution is -2.48. The number of nitrogens with zero attached hydrogens (tertiary/aromatic N) is 4. The molecule has 0 unspecified atom stereocenters. The van der Waals surface area contributed by atoms with Crippen molar-refractivity contribution in [1.29, 1.82) is 0 Å². The van der Waals surface area contributed by atoms with E-state index in [1.54, 1.807) is 23.5 Å². The Hall–Kier alpha value is -1.67. The van der Waals surface area contributed by atoms with Gasteiger partial charge in [0.05, 0.1) is 18.9 Å². The monoisotopic (exact) mass is 406 g/mol. The van der Waals surface area contributed by atoms with Gasteiger partial charge in [0.1, 0.15) is 0 Å². The maximum Gasteiger partial charge on any atom is 0.254 e. The lowest BCUT2D eigenvalue weighted by atomic mass is 10.2. The van der Waals surface area contributed by atoms with Gasteiger partial charge in [0.25, 0.3) is 5.91 Å². The number of benzene rings is 1. The Bertz CT molecular complexity index is 786. The molecule has 0 saturated carbocycles. The number of thiazole rings is 1. The molecule has 0 atom stereocenters. The maximum absolute atomic E-state index is 12.6. The van der Waals surface area contributed by atoms with Gasteiger partial charge in [-0.3, -0.25) is 9.69 Å². The second-order valence-electron chi connectivity index (χ2n) is 6.80. The number of piperazine rings is 1. The number of hydrogen-bond donors (Lipinski definition) is 0. The zero-order valence-electron chi connectivity index (χ0n) is 15.1. The molecule has 6 nitrogen and oxygen atoms in total. The van der Waals surface area contributed by atoms with E-state index in [4.69, 9.17) is 21.3 Å². The van der Waals surface area contributed by atoms with Gasteiger partial charge < -0.3 is 14.5 Å². The summed E-state index contributed by atoms with van der Waals surface area (Å²) in [5.74, 6) is 0.0456. The average molecular weight is 407 g/mol. The average Bonchev–Trinajstić information content (AvgIpc) is 3.17. The van der Waals surface area contributed by atoms with Crippen LogP contribution in [0.5, 0.6) is 0 Å². The number of anilines is 1. The molecule has 3 heterocycles. The summed E-state index contributed by atoms with van der Waals surface area (Å²) in [6.07, 6.45) is 0. The Morgan fingerprint density at radius 3 is 2.67 bits per heavy atom. The van der Waals surface area contributed by atoms with Crippen LogP contribution in [-0.4, -0.2) is 73.2 Å². The Morgan fingerprint density at radius 2 is 1.93 bits per heavy atom. The van der Waals surface area contributed by atoms with Gasteiger partial charge in [0, 0.05) is 61.8 Å². The first-order valence-corrected chi connectivity index (χ1v) is 10.5. The molecule has 0 radical (unpaired) electrons. The van der Waals surface area contributed by atoms with Gasteiger partial charge >= 0.3 is 0 Å². The Morgan fingerprint density at radius 1 is 1.15 bits per heavy atom. The second-order valence-corrected chi connectivity index (χ2v) is 8.07. The van der Waals surface area contributed by atoms with Crippen molar-refractivity contribution in [2.45, 2.75) is 6.54 Å². The van der Waals surface area contributed by atoms with Crippen molar-refractivity contribution in [1.82, 2.24) is 14.8 Å². The molecule has 2 aliphatic heterocycles. The number of amides is 1. The lowest BCUT2D eigenvalue weighted by Gasteiger charge is -2.34. The van der Waals surface area contributed by atoms with E-state index in [2.05, 4.69) is 15.2 Å². The van der Waals surface area contributed by atoms with E-state index in [1.165, 1.54) is 0 Å². The van der Waals surface area contributed by atoms with Crippen LogP contribution in [0.4, 0.5) is 5.13 Å². The fraction of sp³-hybridized carbons (Fsp3) is 0.474. The van der Waals surface area contributed by atoms with Gasteiger partial charge in [-0.05, 0) is 18.2 Å². The SMILES string of the molecule is O=C(c1cccc(Cl)c1)N1CCN(c2nc(CN3CCOCC3)cs2)CC1. The summed E-state index contributed by atoms with van der Waals surface area (Å²) in [5.41, 5.74) is 1.77. The molecule has 2 saturated heterocycles. The van der Waals surface area contributed by atoms with Gasteiger partial charge in [-0.25, -0.2) is 4.98 Å². The summed E-state index contributed by atoms with van der Waals surface area (Å²) in [7, 11) is 0. The number of halogens is 1. The Balaban J connectivity index is 1.32. The molecule has 1 aromatic heterocycles. The van der Waals surface area contributed by atoms with E-state index >= 15 is 0 Å². The molecule has 144 valence electrons. The number of ether oxygens (including phenoxy) is 1. The summed E-state index contributed by atoms with van der Waals surface area (Å²) in [5, 5.41) is 3.79. The van der Waals surface area contributed by atoms with E-state index in [-0.39, 0.29) is 5.91 Å². The Labute approximate surface area is 168 Å². The highest BCUT2D eigenvalue weighted by Crippen LogP contribution is 2.23. The van der Waals surface area contributed by atoms with Crippen molar-refractivity contribution in [3.63, 3.8) is 0 Å². The quantitative estimate of drug-likeness (QED) is 0.781. The number of hydrogen-bond acceptors (Lipinski definition) is 6. The molecule has 1 amide bonds. The van der Waals surface area contributed by atoms with E-state index in [0.29, 0.717) is 23.7 Å². The first-order valence-electron chi connectivity index (χ1n) is 9.23. The van der Waals surface area contributed by atoms with E-state index in [1.807, 2.05) is 17.0 Å². The predicted molar refractivity (Wildman–Crippen MR) is 108 cm³/mol. The van der Waals surface area contributed by atoms with Crippen LogP contribution in [0, 0.1) is 0 Å².